The molecular weight excluding hydrogens is 501 g/mol. The van der Waals surface area contributed by atoms with Gasteiger partial charge in [-0.05, 0) is 38.1 Å². The molecule has 0 radical (unpaired) electrons. The number of nitriles is 1. The fourth-order valence-electron chi connectivity index (χ4n) is 3.11. The summed E-state index contributed by atoms with van der Waals surface area (Å²) in [6.07, 6.45) is -8.97. The van der Waals surface area contributed by atoms with Crippen molar-refractivity contribution >= 4 is 0 Å². The van der Waals surface area contributed by atoms with E-state index >= 15 is 0 Å². The number of alkyl halides is 7. The number of hydrogen-bond donors (Lipinski definition) is 1. The molecule has 0 aliphatic carbocycles. The molecule has 0 amide bonds. The first-order valence-electron chi connectivity index (χ1n) is 9.91. The van der Waals surface area contributed by atoms with Gasteiger partial charge >= 0.3 is 12.1 Å². The van der Waals surface area contributed by atoms with Gasteiger partial charge in [-0.25, -0.2) is 13.8 Å². The molecule has 1 aromatic carbocycles. The Hall–Kier alpha value is -4.15. The lowest BCUT2D eigenvalue weighted by Crippen LogP contribution is -2.37. The number of pyridine rings is 1. The second-order valence-corrected chi connectivity index (χ2v) is 7.63. The summed E-state index contributed by atoms with van der Waals surface area (Å²) >= 11 is 0. The van der Waals surface area contributed by atoms with Crippen LogP contribution >= 0.6 is 0 Å². The third kappa shape index (κ3) is 4.95. The Bertz CT molecular complexity index is 1470. The Kier molecular flexibility index (Phi) is 6.97. The Labute approximate surface area is 197 Å². The summed E-state index contributed by atoms with van der Waals surface area (Å²) in [5.74, 6) is -8.01. The third-order valence-corrected chi connectivity index (χ3v) is 5.09. The van der Waals surface area contributed by atoms with Crippen LogP contribution in [0.3, 0.4) is 0 Å². The molecule has 0 aliphatic rings. The summed E-state index contributed by atoms with van der Waals surface area (Å²) < 4.78 is 100. The van der Waals surface area contributed by atoms with Gasteiger partial charge in [-0.1, -0.05) is 0 Å². The zero-order valence-electron chi connectivity index (χ0n) is 18.4. The van der Waals surface area contributed by atoms with Gasteiger partial charge in [-0.15, -0.1) is 0 Å². The van der Waals surface area contributed by atoms with Crippen molar-refractivity contribution in [3.05, 3.63) is 84.9 Å². The van der Waals surface area contributed by atoms with E-state index in [0.29, 0.717) is 22.7 Å². The summed E-state index contributed by atoms with van der Waals surface area (Å²) in [7, 11) is 0. The highest BCUT2D eigenvalue weighted by atomic mass is 19.4. The molecule has 190 valence electrons. The maximum Gasteiger partial charge on any atom is 0.459 e. The Balaban J connectivity index is 2.25. The second kappa shape index (κ2) is 9.48. The SMILES string of the molecule is Cc1ccc(Cn2cnc(C(F)(F)C(F)(F)F)c(Oc3cc(C(F)F)cc(C#N)c3C)c2=O)c(=O)[nH]1. The van der Waals surface area contributed by atoms with E-state index in [9.17, 15) is 45.6 Å². The lowest BCUT2D eigenvalue weighted by molar-refractivity contribution is -0.291. The van der Waals surface area contributed by atoms with E-state index in [2.05, 4.69) is 9.97 Å². The van der Waals surface area contributed by atoms with Crippen molar-refractivity contribution in [1.82, 2.24) is 14.5 Å². The molecule has 36 heavy (non-hydrogen) atoms. The highest BCUT2D eigenvalue weighted by Gasteiger charge is 2.62. The van der Waals surface area contributed by atoms with Crippen LogP contribution in [-0.2, 0) is 12.5 Å². The van der Waals surface area contributed by atoms with E-state index in [0.717, 1.165) is 13.0 Å². The topological polar surface area (TPSA) is 101 Å². The second-order valence-electron chi connectivity index (χ2n) is 7.63. The summed E-state index contributed by atoms with van der Waals surface area (Å²) in [6.45, 7) is 2.13. The first-order valence-corrected chi connectivity index (χ1v) is 9.91. The quantitative estimate of drug-likeness (QED) is 0.472. The summed E-state index contributed by atoms with van der Waals surface area (Å²) in [6, 6.07) is 5.73. The van der Waals surface area contributed by atoms with Gasteiger partial charge in [0.05, 0.1) is 24.5 Å². The molecule has 3 aromatic rings. The highest BCUT2D eigenvalue weighted by molar-refractivity contribution is 5.51. The minimum Gasteiger partial charge on any atom is -0.449 e. The largest absolute Gasteiger partial charge is 0.459 e. The summed E-state index contributed by atoms with van der Waals surface area (Å²) in [5, 5.41) is 9.18. The van der Waals surface area contributed by atoms with Crippen LogP contribution < -0.4 is 15.9 Å². The third-order valence-electron chi connectivity index (χ3n) is 5.09. The minimum atomic E-state index is -6.19. The van der Waals surface area contributed by atoms with Gasteiger partial charge in [-0.3, -0.25) is 14.2 Å². The zero-order valence-corrected chi connectivity index (χ0v) is 18.4. The molecule has 0 spiro atoms. The van der Waals surface area contributed by atoms with Crippen LogP contribution in [0.15, 0.2) is 40.2 Å². The number of halogens is 7. The van der Waals surface area contributed by atoms with Crippen LogP contribution in [0.5, 0.6) is 11.5 Å². The van der Waals surface area contributed by atoms with Crippen molar-refractivity contribution in [3.63, 3.8) is 0 Å². The van der Waals surface area contributed by atoms with E-state index in [4.69, 9.17) is 4.74 Å². The van der Waals surface area contributed by atoms with Crippen LogP contribution in [0, 0.1) is 25.2 Å². The van der Waals surface area contributed by atoms with Crippen LogP contribution in [-0.4, -0.2) is 20.7 Å². The van der Waals surface area contributed by atoms with Crippen molar-refractivity contribution in [3.8, 4) is 17.6 Å². The molecule has 2 aromatic heterocycles. The van der Waals surface area contributed by atoms with Crippen LogP contribution in [0.4, 0.5) is 30.7 Å². The summed E-state index contributed by atoms with van der Waals surface area (Å²) in [5.41, 5.74) is -5.32. The fraction of sp³-hybridized carbons (Fsp3) is 0.273. The molecule has 14 heteroatoms. The smallest absolute Gasteiger partial charge is 0.449 e. The number of aromatic amines is 1. The maximum atomic E-state index is 14.3. The molecule has 7 nitrogen and oxygen atoms in total. The van der Waals surface area contributed by atoms with Crippen LogP contribution in [0.25, 0.3) is 0 Å². The van der Waals surface area contributed by atoms with E-state index in [1.165, 1.54) is 12.1 Å². The van der Waals surface area contributed by atoms with E-state index in [-0.39, 0.29) is 16.7 Å². The number of benzene rings is 1. The van der Waals surface area contributed by atoms with E-state index < -0.39 is 58.9 Å². The van der Waals surface area contributed by atoms with Gasteiger partial charge in [-0.2, -0.15) is 27.2 Å². The number of ether oxygens (including phenoxy) is 1. The van der Waals surface area contributed by atoms with Gasteiger partial charge < -0.3 is 9.72 Å². The number of H-pyrrole nitrogens is 1. The number of nitrogens with one attached hydrogen (secondary N) is 1. The molecule has 3 rings (SSSR count). The first kappa shape index (κ1) is 26.5. The van der Waals surface area contributed by atoms with Crippen molar-refractivity contribution in [2.24, 2.45) is 0 Å². The number of aromatic nitrogens is 3. The van der Waals surface area contributed by atoms with Crippen molar-refractivity contribution in [2.75, 3.05) is 0 Å². The minimum absolute atomic E-state index is 0.0616. The molecule has 0 fully saturated rings. The average Bonchev–Trinajstić information content (AvgIpc) is 2.78. The van der Waals surface area contributed by atoms with Gasteiger partial charge in [0.15, 0.2) is 5.69 Å². The van der Waals surface area contributed by atoms with E-state index in [1.807, 2.05) is 0 Å². The number of aryl methyl sites for hydroxylation is 1. The number of hydrogen-bond acceptors (Lipinski definition) is 5. The zero-order chi connectivity index (χ0) is 27.0. The maximum absolute atomic E-state index is 14.3. The van der Waals surface area contributed by atoms with Gasteiger partial charge in [0.2, 0.25) is 5.75 Å². The summed E-state index contributed by atoms with van der Waals surface area (Å²) in [4.78, 5) is 30.6. The molecular formula is C22H15F7N4O3. The van der Waals surface area contributed by atoms with E-state index in [1.54, 1.807) is 13.0 Å². The van der Waals surface area contributed by atoms with Gasteiger partial charge in [0, 0.05) is 22.4 Å². The molecule has 2 heterocycles. The molecule has 1 N–H and O–H groups in total. The predicted molar refractivity (Wildman–Crippen MR) is 110 cm³/mol. The molecule has 0 saturated heterocycles. The average molecular weight is 516 g/mol. The van der Waals surface area contributed by atoms with Crippen LogP contribution in [0.1, 0.15) is 40.1 Å². The van der Waals surface area contributed by atoms with Crippen LogP contribution in [0.2, 0.25) is 0 Å². The molecule has 0 bridgehead atoms. The Morgan fingerprint density at radius 3 is 2.36 bits per heavy atom. The van der Waals surface area contributed by atoms with Crippen molar-refractivity contribution < 1.29 is 35.5 Å². The first-order chi connectivity index (χ1) is 16.7. The normalized spacial score (nSPS) is 12.0. The number of nitrogens with zero attached hydrogens (tertiary/aromatic N) is 3. The van der Waals surface area contributed by atoms with Crippen molar-refractivity contribution in [2.45, 2.75) is 38.9 Å². The lowest BCUT2D eigenvalue weighted by atomic mass is 10.0. The van der Waals surface area contributed by atoms with Crippen molar-refractivity contribution in [1.29, 1.82) is 5.26 Å². The Morgan fingerprint density at radius 1 is 1.14 bits per heavy atom. The highest BCUT2D eigenvalue weighted by Crippen LogP contribution is 2.46. The van der Waals surface area contributed by atoms with Gasteiger partial charge in [0.1, 0.15) is 5.75 Å². The molecule has 0 aliphatic heterocycles. The monoisotopic (exact) mass is 516 g/mol. The molecule has 0 unspecified atom stereocenters. The molecule has 0 atom stereocenters. The predicted octanol–water partition coefficient (Wildman–Crippen LogP) is 4.85. The number of rotatable bonds is 6. The Morgan fingerprint density at radius 2 is 1.81 bits per heavy atom. The standard InChI is InChI=1S/C22H15F7N4O3/c1-10-3-4-12(19(34)32-10)8-33-9-31-17(21(25,26)22(27,28)29)16(20(33)35)36-15-6-13(18(23)24)5-14(7-30)11(15)2/h3-6,9,18H,8H2,1-2H3,(H,32,34). The van der Waals surface area contributed by atoms with Gasteiger partial charge in [0.25, 0.3) is 17.5 Å². The fourth-order valence-corrected chi connectivity index (χ4v) is 3.11. The lowest BCUT2D eigenvalue weighted by Gasteiger charge is -2.22. The molecule has 0 saturated carbocycles.